The average Bonchev–Trinajstić information content (AvgIpc) is 2.30. The van der Waals surface area contributed by atoms with Gasteiger partial charge >= 0.3 is 5.97 Å². The molecule has 0 saturated carbocycles. The number of esters is 1. The summed E-state index contributed by atoms with van der Waals surface area (Å²) in [7, 11) is 0. The van der Waals surface area contributed by atoms with Crippen molar-refractivity contribution in [3.8, 4) is 0 Å². The van der Waals surface area contributed by atoms with Gasteiger partial charge in [-0.25, -0.2) is 0 Å². The Morgan fingerprint density at radius 2 is 2.12 bits per heavy atom. The molecule has 0 aromatic heterocycles. The fraction of sp³-hybridized carbons (Fsp3) is 0.357. The van der Waals surface area contributed by atoms with Gasteiger partial charge in [-0.15, -0.1) is 0 Å². The third-order valence-electron chi connectivity index (χ3n) is 2.27. The zero-order valence-electron chi connectivity index (χ0n) is 9.99. The Kier molecular flexibility index (Phi) is 6.63. The van der Waals surface area contributed by atoms with E-state index in [9.17, 15) is 4.79 Å². The molecule has 0 saturated heterocycles. The summed E-state index contributed by atoms with van der Waals surface area (Å²) in [6.07, 6.45) is 7.21. The summed E-state index contributed by atoms with van der Waals surface area (Å²) in [4.78, 5) is 10.5. The van der Waals surface area contributed by atoms with E-state index in [-0.39, 0.29) is 5.97 Å². The Bertz CT molecular complexity index is 386. The van der Waals surface area contributed by atoms with Crippen LogP contribution < -0.4 is 0 Å². The summed E-state index contributed by atoms with van der Waals surface area (Å²) in [5.41, 5.74) is 1.19. The van der Waals surface area contributed by atoms with Crippen LogP contribution in [0.25, 0.3) is 6.08 Å². The van der Waals surface area contributed by atoms with E-state index in [1.54, 1.807) is 0 Å². The predicted octanol–water partition coefficient (Wildman–Crippen LogP) is 4.20. The van der Waals surface area contributed by atoms with Crippen LogP contribution in [0.3, 0.4) is 0 Å². The van der Waals surface area contributed by atoms with E-state index in [0.29, 0.717) is 6.61 Å². The van der Waals surface area contributed by atoms with E-state index in [2.05, 4.69) is 34.1 Å². The summed E-state index contributed by atoms with van der Waals surface area (Å²) < 4.78 is 5.96. The molecular weight excluding hydrogens is 280 g/mol. The molecule has 0 unspecified atom stereocenters. The van der Waals surface area contributed by atoms with Gasteiger partial charge in [0.05, 0.1) is 6.61 Å². The molecule has 2 nitrogen and oxygen atoms in total. The highest BCUT2D eigenvalue weighted by Crippen LogP contribution is 2.17. The number of rotatable bonds is 6. The van der Waals surface area contributed by atoms with Crippen LogP contribution in [0.1, 0.15) is 31.7 Å². The van der Waals surface area contributed by atoms with Crippen molar-refractivity contribution >= 4 is 28.0 Å². The van der Waals surface area contributed by atoms with Gasteiger partial charge in [0.1, 0.15) is 0 Å². The van der Waals surface area contributed by atoms with Crippen LogP contribution in [0, 0.1) is 0 Å². The van der Waals surface area contributed by atoms with Crippen LogP contribution >= 0.6 is 15.9 Å². The van der Waals surface area contributed by atoms with E-state index in [1.807, 2.05) is 18.2 Å². The number of carbonyl (C=O) groups excluding carboxylic acids is 1. The first kappa shape index (κ1) is 14.0. The number of ether oxygens (including phenoxy) is 1. The monoisotopic (exact) mass is 296 g/mol. The molecule has 0 fully saturated rings. The minimum absolute atomic E-state index is 0.200. The number of halogens is 1. The highest BCUT2D eigenvalue weighted by Gasteiger charge is 1.93. The number of benzene rings is 1. The van der Waals surface area contributed by atoms with Crippen molar-refractivity contribution in [1.82, 2.24) is 0 Å². The van der Waals surface area contributed by atoms with E-state index in [1.165, 1.54) is 12.5 Å². The molecule has 1 rings (SSSR count). The third kappa shape index (κ3) is 6.27. The third-order valence-corrected chi connectivity index (χ3v) is 3.00. The van der Waals surface area contributed by atoms with Gasteiger partial charge in [0, 0.05) is 11.4 Å². The van der Waals surface area contributed by atoms with Crippen LogP contribution in [0.2, 0.25) is 0 Å². The highest BCUT2D eigenvalue weighted by atomic mass is 79.9. The molecule has 0 heterocycles. The lowest BCUT2D eigenvalue weighted by molar-refractivity contribution is -0.141. The van der Waals surface area contributed by atoms with Crippen molar-refractivity contribution in [3.05, 3.63) is 40.4 Å². The van der Waals surface area contributed by atoms with Gasteiger partial charge in [0.2, 0.25) is 0 Å². The molecule has 0 N–H and O–H groups in total. The maximum atomic E-state index is 10.5. The summed E-state index contributed by atoms with van der Waals surface area (Å²) in [6.45, 7) is 1.96. The Morgan fingerprint density at radius 3 is 2.82 bits per heavy atom. The smallest absolute Gasteiger partial charge is 0.302 e. The van der Waals surface area contributed by atoms with E-state index >= 15 is 0 Å². The van der Waals surface area contributed by atoms with Gasteiger partial charge in [-0.1, -0.05) is 46.3 Å². The van der Waals surface area contributed by atoms with Crippen molar-refractivity contribution in [2.75, 3.05) is 6.61 Å². The normalized spacial score (nSPS) is 10.7. The Balaban J connectivity index is 2.18. The maximum absolute atomic E-state index is 10.5. The number of allylic oxidation sites excluding steroid dienone is 1. The van der Waals surface area contributed by atoms with Crippen molar-refractivity contribution < 1.29 is 9.53 Å². The standard InChI is InChI=1S/C14H17BrO2/c1-12(16)17-11-7-3-2-4-8-13-9-5-6-10-14(13)15/h4-6,8-10H,2-3,7,11H2,1H3. The van der Waals surface area contributed by atoms with E-state index in [0.717, 1.165) is 23.7 Å². The molecule has 0 amide bonds. The number of hydrogen-bond acceptors (Lipinski definition) is 2. The van der Waals surface area contributed by atoms with Crippen LogP contribution in [0.5, 0.6) is 0 Å². The van der Waals surface area contributed by atoms with Gasteiger partial charge in [-0.2, -0.15) is 0 Å². The maximum Gasteiger partial charge on any atom is 0.302 e. The number of carbonyl (C=O) groups is 1. The zero-order valence-corrected chi connectivity index (χ0v) is 11.6. The van der Waals surface area contributed by atoms with E-state index in [4.69, 9.17) is 4.74 Å². The SMILES string of the molecule is CC(=O)OCCCCC=Cc1ccccc1Br. The fourth-order valence-electron chi connectivity index (χ4n) is 1.40. The van der Waals surface area contributed by atoms with Crippen LogP contribution in [0.4, 0.5) is 0 Å². The first-order valence-electron chi connectivity index (χ1n) is 5.74. The second-order valence-corrected chi connectivity index (χ2v) is 4.61. The minimum atomic E-state index is -0.200. The number of hydrogen-bond donors (Lipinski definition) is 0. The lowest BCUT2D eigenvalue weighted by Crippen LogP contribution is -1.99. The van der Waals surface area contributed by atoms with Crippen LogP contribution in [-0.2, 0) is 9.53 Å². The molecule has 3 heteroatoms. The summed E-state index contributed by atoms with van der Waals surface area (Å²) in [5, 5.41) is 0. The quantitative estimate of drug-likeness (QED) is 0.581. The van der Waals surface area contributed by atoms with Crippen molar-refractivity contribution in [1.29, 1.82) is 0 Å². The van der Waals surface area contributed by atoms with Gasteiger partial charge in [-0.3, -0.25) is 4.79 Å². The molecule has 1 aromatic rings. The second-order valence-electron chi connectivity index (χ2n) is 3.76. The lowest BCUT2D eigenvalue weighted by atomic mass is 10.1. The first-order valence-corrected chi connectivity index (χ1v) is 6.54. The molecule has 0 aliphatic carbocycles. The molecule has 1 aromatic carbocycles. The molecule has 0 aliphatic rings. The van der Waals surface area contributed by atoms with Crippen molar-refractivity contribution in [2.24, 2.45) is 0 Å². The topological polar surface area (TPSA) is 26.3 Å². The molecule has 17 heavy (non-hydrogen) atoms. The highest BCUT2D eigenvalue weighted by molar-refractivity contribution is 9.10. The predicted molar refractivity (Wildman–Crippen MR) is 73.7 cm³/mol. The van der Waals surface area contributed by atoms with Crippen molar-refractivity contribution in [2.45, 2.75) is 26.2 Å². The lowest BCUT2D eigenvalue weighted by Gasteiger charge is -2.00. The van der Waals surface area contributed by atoms with Gasteiger partial charge in [-0.05, 0) is 30.9 Å². The fourth-order valence-corrected chi connectivity index (χ4v) is 1.82. The number of unbranched alkanes of at least 4 members (excludes halogenated alkanes) is 2. The Labute approximate surface area is 111 Å². The summed E-state index contributed by atoms with van der Waals surface area (Å²) in [6, 6.07) is 8.12. The average molecular weight is 297 g/mol. The Hall–Kier alpha value is -1.09. The van der Waals surface area contributed by atoms with Gasteiger partial charge in [0.25, 0.3) is 0 Å². The first-order chi connectivity index (χ1) is 8.20. The minimum Gasteiger partial charge on any atom is -0.466 e. The van der Waals surface area contributed by atoms with Crippen LogP contribution in [0.15, 0.2) is 34.8 Å². The summed E-state index contributed by atoms with van der Waals surface area (Å²) in [5.74, 6) is -0.200. The molecule has 0 bridgehead atoms. The Morgan fingerprint density at radius 1 is 1.35 bits per heavy atom. The van der Waals surface area contributed by atoms with E-state index < -0.39 is 0 Å². The van der Waals surface area contributed by atoms with Crippen molar-refractivity contribution in [3.63, 3.8) is 0 Å². The zero-order chi connectivity index (χ0) is 12.5. The van der Waals surface area contributed by atoms with Gasteiger partial charge < -0.3 is 4.74 Å². The largest absolute Gasteiger partial charge is 0.466 e. The molecule has 0 atom stereocenters. The molecule has 0 aliphatic heterocycles. The second kappa shape index (κ2) is 8.07. The summed E-state index contributed by atoms with van der Waals surface area (Å²) >= 11 is 3.50. The molecular formula is C14H17BrO2. The van der Waals surface area contributed by atoms with Gasteiger partial charge in [0.15, 0.2) is 0 Å². The molecule has 0 radical (unpaired) electrons. The molecule has 92 valence electrons. The molecule has 0 spiro atoms. The van der Waals surface area contributed by atoms with Crippen LogP contribution in [-0.4, -0.2) is 12.6 Å².